The molecule has 0 aromatic carbocycles. The lowest BCUT2D eigenvalue weighted by molar-refractivity contribution is 0.0974. The lowest BCUT2D eigenvalue weighted by Crippen LogP contribution is -2.44. The molecule has 1 unspecified atom stereocenters. The van der Waals surface area contributed by atoms with Gasteiger partial charge in [0.15, 0.2) is 11.5 Å². The predicted molar refractivity (Wildman–Crippen MR) is 108 cm³/mol. The quantitative estimate of drug-likeness (QED) is 0.701. The average Bonchev–Trinajstić information content (AvgIpc) is 3.21. The molecule has 12 heteroatoms. The number of aryl methyl sites for hydroxylation is 1. The molecule has 0 saturated carbocycles. The number of carbonyl (C=O) groups is 1. The number of hydrogen-bond acceptors (Lipinski definition) is 8. The molecule has 2 aromatic rings. The van der Waals surface area contributed by atoms with Gasteiger partial charge in [-0.05, 0) is 40.0 Å². The van der Waals surface area contributed by atoms with E-state index in [1.165, 1.54) is 4.31 Å². The summed E-state index contributed by atoms with van der Waals surface area (Å²) in [5.74, 6) is -0.535. The molecule has 3 rings (SSSR count). The second-order valence-corrected chi connectivity index (χ2v) is 9.16. The van der Waals surface area contributed by atoms with Crippen LogP contribution >= 0.6 is 0 Å². The van der Waals surface area contributed by atoms with Crippen LogP contribution in [0, 0.1) is 24.2 Å². The fourth-order valence-electron chi connectivity index (χ4n) is 3.08. The van der Waals surface area contributed by atoms with E-state index < -0.39 is 16.1 Å². The van der Waals surface area contributed by atoms with E-state index in [9.17, 15) is 13.2 Å². The van der Waals surface area contributed by atoms with Crippen molar-refractivity contribution in [3.8, 4) is 6.07 Å². The molecule has 0 radical (unpaired) electrons. The van der Waals surface area contributed by atoms with Gasteiger partial charge in [-0.3, -0.25) is 14.8 Å². The number of oxazole rings is 1. The highest BCUT2D eigenvalue weighted by Gasteiger charge is 2.28. The number of amides is 1. The van der Waals surface area contributed by atoms with E-state index in [1.807, 2.05) is 31.7 Å². The van der Waals surface area contributed by atoms with Gasteiger partial charge in [-0.25, -0.2) is 4.72 Å². The third-order valence-corrected chi connectivity index (χ3v) is 6.33. The van der Waals surface area contributed by atoms with Crippen molar-refractivity contribution in [1.82, 2.24) is 23.8 Å². The van der Waals surface area contributed by atoms with E-state index in [0.717, 1.165) is 11.8 Å². The molecule has 1 saturated heterocycles. The number of anilines is 2. The molecule has 2 N–H and O–H groups in total. The molecule has 1 amide bonds. The van der Waals surface area contributed by atoms with Crippen LogP contribution in [-0.4, -0.2) is 46.5 Å². The Morgan fingerprint density at radius 2 is 2.13 bits per heavy atom. The zero-order chi connectivity index (χ0) is 21.9. The maximum atomic E-state index is 12.6. The first-order valence-corrected chi connectivity index (χ1v) is 11.1. The number of carbonyl (C=O) groups excluding carboxylic acids is 1. The summed E-state index contributed by atoms with van der Waals surface area (Å²) < 4.78 is 35.3. The van der Waals surface area contributed by atoms with Gasteiger partial charge in [0.05, 0.1) is 6.07 Å². The minimum Gasteiger partial charge on any atom is -0.431 e. The molecule has 1 aliphatic heterocycles. The fourth-order valence-corrected chi connectivity index (χ4v) is 4.26. The van der Waals surface area contributed by atoms with E-state index >= 15 is 0 Å². The van der Waals surface area contributed by atoms with E-state index in [4.69, 9.17) is 9.68 Å². The van der Waals surface area contributed by atoms with Crippen molar-refractivity contribution in [2.24, 2.45) is 5.92 Å². The minimum atomic E-state index is -4.04. The third-order valence-electron chi connectivity index (χ3n) is 4.84. The standard InChI is InChI=1S/C18H25N7O4S/c1-12(2)25-10-13(3)16(22-25)21-18-20-15(11-29-18)17(26)23-30(27,28)24-7-4-5-14(9-19)6-8-24/h10-12,14H,4-8H2,1-3H3,(H,23,26)(H,20,21,22). The van der Waals surface area contributed by atoms with Crippen molar-refractivity contribution >= 4 is 27.9 Å². The molecule has 0 bridgehead atoms. The summed E-state index contributed by atoms with van der Waals surface area (Å²) in [6.07, 6.45) is 4.59. The maximum absolute atomic E-state index is 12.6. The summed E-state index contributed by atoms with van der Waals surface area (Å²) in [7, 11) is -4.04. The van der Waals surface area contributed by atoms with E-state index in [2.05, 4.69) is 21.5 Å². The highest BCUT2D eigenvalue weighted by molar-refractivity contribution is 7.87. The summed E-state index contributed by atoms with van der Waals surface area (Å²) in [5.41, 5.74) is 0.694. The molecule has 0 spiro atoms. The van der Waals surface area contributed by atoms with Crippen molar-refractivity contribution in [2.45, 2.75) is 46.1 Å². The Morgan fingerprint density at radius 3 is 2.80 bits per heavy atom. The molecule has 30 heavy (non-hydrogen) atoms. The van der Waals surface area contributed by atoms with Gasteiger partial charge in [-0.2, -0.15) is 28.1 Å². The van der Waals surface area contributed by atoms with Crippen molar-refractivity contribution in [3.63, 3.8) is 0 Å². The van der Waals surface area contributed by atoms with Gasteiger partial charge in [0.2, 0.25) is 0 Å². The Bertz CT molecular complexity index is 1050. The van der Waals surface area contributed by atoms with Crippen LogP contribution in [0.15, 0.2) is 16.9 Å². The molecule has 162 valence electrons. The monoisotopic (exact) mass is 435 g/mol. The molecular weight excluding hydrogens is 410 g/mol. The van der Waals surface area contributed by atoms with Crippen LogP contribution in [0.25, 0.3) is 0 Å². The predicted octanol–water partition coefficient (Wildman–Crippen LogP) is 2.10. The van der Waals surface area contributed by atoms with Gasteiger partial charge in [0, 0.05) is 36.8 Å². The second kappa shape index (κ2) is 8.85. The zero-order valence-corrected chi connectivity index (χ0v) is 17.9. The maximum Gasteiger partial charge on any atom is 0.304 e. The van der Waals surface area contributed by atoms with Crippen LogP contribution in [0.1, 0.15) is 55.2 Å². The van der Waals surface area contributed by atoms with Gasteiger partial charge in [-0.15, -0.1) is 0 Å². The molecule has 11 nitrogen and oxygen atoms in total. The van der Waals surface area contributed by atoms with Gasteiger partial charge >= 0.3 is 16.2 Å². The summed E-state index contributed by atoms with van der Waals surface area (Å²) in [6, 6.07) is 2.38. The first-order valence-electron chi connectivity index (χ1n) is 9.69. The Kier molecular flexibility index (Phi) is 6.42. The first kappa shape index (κ1) is 21.8. The smallest absolute Gasteiger partial charge is 0.304 e. The van der Waals surface area contributed by atoms with Crippen LogP contribution in [0.3, 0.4) is 0 Å². The highest BCUT2D eigenvalue weighted by Crippen LogP contribution is 2.21. The van der Waals surface area contributed by atoms with E-state index in [-0.39, 0.29) is 36.8 Å². The lowest BCUT2D eigenvalue weighted by Gasteiger charge is -2.19. The molecule has 3 heterocycles. The van der Waals surface area contributed by atoms with Gasteiger partial charge in [0.25, 0.3) is 5.91 Å². The highest BCUT2D eigenvalue weighted by atomic mass is 32.2. The van der Waals surface area contributed by atoms with Crippen LogP contribution in [0.5, 0.6) is 0 Å². The fraction of sp³-hybridized carbons (Fsp3) is 0.556. The third kappa shape index (κ3) is 4.98. The summed E-state index contributed by atoms with van der Waals surface area (Å²) in [6.45, 7) is 6.30. The number of nitriles is 1. The van der Waals surface area contributed by atoms with Gasteiger partial charge < -0.3 is 4.42 Å². The largest absolute Gasteiger partial charge is 0.431 e. The van der Waals surface area contributed by atoms with E-state index in [1.54, 1.807) is 4.68 Å². The molecule has 1 fully saturated rings. The van der Waals surface area contributed by atoms with Gasteiger partial charge in [-0.1, -0.05) is 0 Å². The summed E-state index contributed by atoms with van der Waals surface area (Å²) in [4.78, 5) is 16.4. The minimum absolute atomic E-state index is 0.0290. The molecule has 2 aromatic heterocycles. The Hall–Kier alpha value is -2.91. The number of aromatic nitrogens is 3. The van der Waals surface area contributed by atoms with Crippen LogP contribution in [0.2, 0.25) is 0 Å². The topological polar surface area (TPSA) is 146 Å². The SMILES string of the molecule is Cc1cn(C(C)C)nc1Nc1nc(C(=O)NS(=O)(=O)N2CCCC(C#N)CC2)co1. The normalized spacial score (nSPS) is 18.0. The molecule has 1 aliphatic rings. The second-order valence-electron chi connectivity index (χ2n) is 7.49. The van der Waals surface area contributed by atoms with Crippen LogP contribution < -0.4 is 10.0 Å². The van der Waals surface area contributed by atoms with Crippen molar-refractivity contribution in [3.05, 3.63) is 23.7 Å². The summed E-state index contributed by atoms with van der Waals surface area (Å²) in [5, 5.41) is 16.3. The van der Waals surface area contributed by atoms with Gasteiger partial charge in [0.1, 0.15) is 6.26 Å². The van der Waals surface area contributed by atoms with Crippen LogP contribution in [0.4, 0.5) is 11.8 Å². The van der Waals surface area contributed by atoms with Crippen LogP contribution in [-0.2, 0) is 10.2 Å². The molecular formula is C18H25N7O4S. The average molecular weight is 436 g/mol. The number of hydrogen-bond donors (Lipinski definition) is 2. The lowest BCUT2D eigenvalue weighted by atomic mass is 10.0. The van der Waals surface area contributed by atoms with Crippen molar-refractivity contribution < 1.29 is 17.6 Å². The number of rotatable bonds is 6. The number of nitrogens with zero attached hydrogens (tertiary/aromatic N) is 5. The Morgan fingerprint density at radius 1 is 1.37 bits per heavy atom. The Balaban J connectivity index is 1.65. The van der Waals surface area contributed by atoms with E-state index in [0.29, 0.717) is 25.1 Å². The summed E-state index contributed by atoms with van der Waals surface area (Å²) >= 11 is 0. The zero-order valence-electron chi connectivity index (χ0n) is 17.1. The molecule has 1 atom stereocenters. The van der Waals surface area contributed by atoms with Crippen molar-refractivity contribution in [1.29, 1.82) is 5.26 Å². The first-order chi connectivity index (χ1) is 14.2. The Labute approximate surface area is 175 Å². The molecule has 0 aliphatic carbocycles. The number of nitrogens with one attached hydrogen (secondary N) is 2. The van der Waals surface area contributed by atoms with Crippen molar-refractivity contribution in [2.75, 3.05) is 18.4 Å².